The number of fused-ring (bicyclic) bond motifs is 4. The third-order valence-electron chi connectivity index (χ3n) is 6.24. The van der Waals surface area contributed by atoms with Gasteiger partial charge in [0.2, 0.25) is 0 Å². The number of aromatic nitrogens is 1. The molecule has 0 amide bonds. The van der Waals surface area contributed by atoms with Gasteiger partial charge in [0.25, 0.3) is 0 Å². The molecule has 0 bridgehead atoms. The van der Waals surface area contributed by atoms with Crippen molar-refractivity contribution in [2.45, 2.75) is 13.8 Å². The van der Waals surface area contributed by atoms with Crippen LogP contribution in [-0.4, -0.2) is 30.0 Å². The number of carbonyl (C=O) groups excluding carboxylic acids is 1. The van der Waals surface area contributed by atoms with Gasteiger partial charge < -0.3 is 19.9 Å². The van der Waals surface area contributed by atoms with Crippen molar-refractivity contribution in [2.24, 2.45) is 0 Å². The molecule has 1 aromatic heterocycles. The molecule has 3 heterocycles. The summed E-state index contributed by atoms with van der Waals surface area (Å²) in [6.07, 6.45) is 3.01. The number of rotatable bonds is 2. The molecule has 189 valence electrons. The Hall–Kier alpha value is -3.30. The smallest absolute Gasteiger partial charge is 0.155 e. The van der Waals surface area contributed by atoms with Gasteiger partial charge in [0, 0.05) is 57.8 Å². The van der Waals surface area contributed by atoms with Crippen molar-refractivity contribution in [3.05, 3.63) is 96.9 Å². The first-order valence-corrected chi connectivity index (χ1v) is 13.1. The molecule has 3 aromatic carbocycles. The van der Waals surface area contributed by atoms with Crippen LogP contribution in [0.3, 0.4) is 0 Å². The zero-order valence-electron chi connectivity index (χ0n) is 21.1. The van der Waals surface area contributed by atoms with Crippen molar-refractivity contribution in [3.8, 4) is 11.3 Å². The van der Waals surface area contributed by atoms with Gasteiger partial charge in [-0.15, -0.1) is 17.7 Å². The van der Waals surface area contributed by atoms with Crippen LogP contribution in [0, 0.1) is 6.07 Å². The van der Waals surface area contributed by atoms with Crippen molar-refractivity contribution >= 4 is 52.4 Å². The zero-order valence-corrected chi connectivity index (χ0v) is 24.4. The third kappa shape index (κ3) is 4.98. The molecule has 0 spiro atoms. The summed E-state index contributed by atoms with van der Waals surface area (Å²) in [5.74, 6) is -0.0625. The van der Waals surface area contributed by atoms with Crippen LogP contribution in [0.2, 0.25) is 0 Å². The molecule has 37 heavy (non-hydrogen) atoms. The number of para-hydroxylation sites is 2. The number of allylic oxidation sites excluding steroid dienone is 2. The van der Waals surface area contributed by atoms with E-state index in [0.717, 1.165) is 16.9 Å². The Labute approximate surface area is 232 Å². The van der Waals surface area contributed by atoms with Crippen molar-refractivity contribution < 1.29 is 30.0 Å². The van der Waals surface area contributed by atoms with Gasteiger partial charge in [0.1, 0.15) is 0 Å². The van der Waals surface area contributed by atoms with Crippen LogP contribution in [0.1, 0.15) is 13.8 Å². The van der Waals surface area contributed by atoms with Crippen LogP contribution in [0.25, 0.3) is 11.3 Å². The maximum Gasteiger partial charge on any atom is 0.155 e. The van der Waals surface area contributed by atoms with Crippen LogP contribution < -0.4 is 25.7 Å². The van der Waals surface area contributed by atoms with Crippen molar-refractivity contribution in [2.75, 3.05) is 23.9 Å². The SMILES string of the molecule is CC(=O)/C=C(/C)O.CN1c2[c-]c(-c3ccccn3)cc3c2P(c2ccccc21)c1ccccc1N3C.[Ir]. The summed E-state index contributed by atoms with van der Waals surface area (Å²) >= 11 is 0. The molecular weight excluding hydrogens is 658 g/mol. The summed E-state index contributed by atoms with van der Waals surface area (Å²) in [7, 11) is 3.70. The number of hydrogen-bond acceptors (Lipinski definition) is 5. The van der Waals surface area contributed by atoms with Gasteiger partial charge in [0.15, 0.2) is 5.78 Å². The Bertz CT molecular complexity index is 1410. The van der Waals surface area contributed by atoms with Crippen LogP contribution in [0.4, 0.5) is 22.7 Å². The number of nitrogens with zero attached hydrogens (tertiary/aromatic N) is 3. The first-order valence-electron chi connectivity index (χ1n) is 11.7. The van der Waals surface area contributed by atoms with E-state index in [2.05, 4.69) is 95.6 Å². The summed E-state index contributed by atoms with van der Waals surface area (Å²) in [6.45, 7) is 2.85. The fourth-order valence-electron chi connectivity index (χ4n) is 4.72. The van der Waals surface area contributed by atoms with E-state index in [1.54, 1.807) is 0 Å². The maximum atomic E-state index is 10.0. The summed E-state index contributed by atoms with van der Waals surface area (Å²) in [5, 5.41) is 12.6. The molecule has 1 radical (unpaired) electrons. The number of hydrogen-bond donors (Lipinski definition) is 1. The Kier molecular flexibility index (Phi) is 7.94. The van der Waals surface area contributed by atoms with Gasteiger partial charge >= 0.3 is 0 Å². The number of anilines is 4. The normalized spacial score (nSPS) is 14.8. The molecule has 0 fully saturated rings. The van der Waals surface area contributed by atoms with Crippen LogP contribution in [-0.2, 0) is 24.9 Å². The monoisotopic (exact) mass is 685 g/mol. The van der Waals surface area contributed by atoms with E-state index in [-0.39, 0.29) is 31.6 Å². The van der Waals surface area contributed by atoms with Gasteiger partial charge in [0.05, 0.1) is 5.76 Å². The van der Waals surface area contributed by atoms with Crippen LogP contribution in [0.5, 0.6) is 0 Å². The molecule has 6 rings (SSSR count). The predicted molar refractivity (Wildman–Crippen MR) is 150 cm³/mol. The molecule has 1 N–H and O–H groups in total. The summed E-state index contributed by atoms with van der Waals surface area (Å²) in [6, 6.07) is 29.6. The number of benzene rings is 3. The van der Waals surface area contributed by atoms with Gasteiger partial charge in [-0.2, -0.15) is 0 Å². The Morgan fingerprint density at radius 2 is 1.49 bits per heavy atom. The largest absolute Gasteiger partial charge is 0.512 e. The van der Waals surface area contributed by atoms with Crippen molar-refractivity contribution in [1.82, 2.24) is 4.98 Å². The van der Waals surface area contributed by atoms with Crippen LogP contribution in [0.15, 0.2) is 90.8 Å². The molecular formula is C30H27IrN3O2P-. The van der Waals surface area contributed by atoms with E-state index in [1.165, 1.54) is 52.9 Å². The maximum absolute atomic E-state index is 10.0. The fraction of sp³-hybridized carbons (Fsp3) is 0.133. The number of carbonyl (C=O) groups is 1. The molecule has 2 aliphatic heterocycles. The molecule has 7 heteroatoms. The first-order chi connectivity index (χ1) is 17.4. The summed E-state index contributed by atoms with van der Waals surface area (Å²) in [4.78, 5) is 19.2. The summed E-state index contributed by atoms with van der Waals surface area (Å²) < 4.78 is 0. The Morgan fingerprint density at radius 3 is 2.03 bits per heavy atom. The molecule has 0 saturated carbocycles. The Balaban J connectivity index is 0.000000356. The Morgan fingerprint density at radius 1 is 0.892 bits per heavy atom. The van der Waals surface area contributed by atoms with Gasteiger partial charge in [-0.3, -0.25) is 4.79 Å². The topological polar surface area (TPSA) is 56.7 Å². The molecule has 0 aliphatic carbocycles. The van der Waals surface area contributed by atoms with Crippen LogP contribution >= 0.6 is 7.92 Å². The average Bonchev–Trinajstić information content (AvgIpc) is 2.88. The number of aliphatic hydroxyl groups is 1. The second-order valence-corrected chi connectivity index (χ2v) is 10.9. The fourth-order valence-corrected chi connectivity index (χ4v) is 7.70. The zero-order chi connectivity index (χ0) is 25.4. The second-order valence-electron chi connectivity index (χ2n) is 8.81. The molecule has 0 saturated heterocycles. The number of pyridine rings is 1. The quantitative estimate of drug-likeness (QED) is 0.131. The third-order valence-corrected chi connectivity index (χ3v) is 8.85. The number of aliphatic hydroxyl groups excluding tert-OH is 1. The van der Waals surface area contributed by atoms with E-state index < -0.39 is 7.92 Å². The molecule has 1 atom stereocenters. The standard InChI is InChI=1S/C25H19N3P.C5H8O2.Ir/c1-27-19-10-3-5-12-23(19)29-24-13-6-4-11-20(24)28(2)22-16-17(15-21(27)25(22)29)18-9-7-8-14-26-18;1-4(6)3-5(2)7;/h3-15H,1-2H3;3,6H,1-2H3;/q-1;;/b;4-3-;. The molecule has 1 unspecified atom stereocenters. The predicted octanol–water partition coefficient (Wildman–Crippen LogP) is 5.50. The minimum Gasteiger partial charge on any atom is -0.512 e. The van der Waals surface area contributed by atoms with Crippen molar-refractivity contribution in [1.29, 1.82) is 0 Å². The average molecular weight is 685 g/mol. The minimum absolute atomic E-state index is 0. The van der Waals surface area contributed by atoms with Gasteiger partial charge in [-0.1, -0.05) is 48.5 Å². The molecule has 2 aliphatic rings. The van der Waals surface area contributed by atoms with E-state index in [4.69, 9.17) is 5.11 Å². The first kappa shape index (κ1) is 26.8. The van der Waals surface area contributed by atoms with E-state index >= 15 is 0 Å². The number of ketones is 1. The van der Waals surface area contributed by atoms with Crippen molar-refractivity contribution in [3.63, 3.8) is 0 Å². The summed E-state index contributed by atoms with van der Waals surface area (Å²) in [5.41, 5.74) is 6.96. The van der Waals surface area contributed by atoms with Gasteiger partial charge in [-0.25, -0.2) is 0 Å². The van der Waals surface area contributed by atoms with E-state index in [9.17, 15) is 4.79 Å². The van der Waals surface area contributed by atoms with E-state index in [1.807, 2.05) is 18.3 Å². The minimum atomic E-state index is -0.621. The second kappa shape index (κ2) is 11.0. The van der Waals surface area contributed by atoms with Gasteiger partial charge in [-0.05, 0) is 73.0 Å². The molecule has 4 aromatic rings. The molecule has 5 nitrogen and oxygen atoms in total. The van der Waals surface area contributed by atoms with E-state index in [0.29, 0.717) is 0 Å².